The van der Waals surface area contributed by atoms with Gasteiger partial charge >= 0.3 is 0 Å². The van der Waals surface area contributed by atoms with Crippen LogP contribution in [0.1, 0.15) is 39.2 Å². The monoisotopic (exact) mass is 256 g/mol. The van der Waals surface area contributed by atoms with Crippen molar-refractivity contribution in [3.63, 3.8) is 0 Å². The van der Waals surface area contributed by atoms with E-state index >= 15 is 0 Å². The van der Waals surface area contributed by atoms with Gasteiger partial charge in [-0.25, -0.2) is 0 Å². The van der Waals surface area contributed by atoms with E-state index in [9.17, 15) is 0 Å². The number of allylic oxidation sites excluding steroid dienone is 4. The van der Waals surface area contributed by atoms with Gasteiger partial charge in [-0.2, -0.15) is 0 Å². The predicted octanol–water partition coefficient (Wildman–Crippen LogP) is 3.30. The van der Waals surface area contributed by atoms with Gasteiger partial charge in [-0.1, -0.05) is 79.6 Å². The molecule has 0 heterocycles. The zero-order chi connectivity index (χ0) is 13.0. The largest absolute Gasteiger partial charge is 0.0835 e. The zero-order valence-corrected chi connectivity index (χ0v) is 13.3. The van der Waals surface area contributed by atoms with Crippen LogP contribution in [-0.4, -0.2) is 9.52 Å². The lowest BCUT2D eigenvalue weighted by Gasteiger charge is -2.13. The van der Waals surface area contributed by atoms with Crippen LogP contribution in [0.3, 0.4) is 0 Å². The molecule has 0 saturated heterocycles. The second-order valence-electron chi connectivity index (χ2n) is 5.52. The fourth-order valence-electron chi connectivity index (χ4n) is 2.81. The molecule has 18 heavy (non-hydrogen) atoms. The highest BCUT2D eigenvalue weighted by molar-refractivity contribution is 6.61. The van der Waals surface area contributed by atoms with Crippen LogP contribution in [-0.2, 0) is 6.42 Å². The molecular formula is C17H24Si. The van der Waals surface area contributed by atoms with Gasteiger partial charge in [-0.15, -0.1) is 0 Å². The summed E-state index contributed by atoms with van der Waals surface area (Å²) in [5.41, 5.74) is 3.21. The van der Waals surface area contributed by atoms with Crippen LogP contribution < -0.4 is 5.19 Å². The van der Waals surface area contributed by atoms with E-state index < -0.39 is 0 Å². The van der Waals surface area contributed by atoms with Crippen molar-refractivity contribution in [3.8, 4) is 0 Å². The lowest BCUT2D eigenvalue weighted by Crippen LogP contribution is -2.21. The first-order valence-corrected chi connectivity index (χ1v) is 8.59. The van der Waals surface area contributed by atoms with Gasteiger partial charge in [0.25, 0.3) is 0 Å². The minimum absolute atomic E-state index is 0.257. The van der Waals surface area contributed by atoms with Crippen molar-refractivity contribution in [2.24, 2.45) is 5.92 Å². The summed E-state index contributed by atoms with van der Waals surface area (Å²) in [6, 6.07) is 9.08. The van der Waals surface area contributed by atoms with Gasteiger partial charge in [-0.3, -0.25) is 0 Å². The molecule has 0 nitrogen and oxygen atoms in total. The summed E-state index contributed by atoms with van der Waals surface area (Å²) in [5.74, 6) is 0.685. The molecule has 1 aliphatic carbocycles. The summed E-state index contributed by atoms with van der Waals surface area (Å²) in [6.45, 7) is 6.91. The van der Waals surface area contributed by atoms with Crippen molar-refractivity contribution in [2.75, 3.05) is 0 Å². The Balaban J connectivity index is 2.22. The summed E-state index contributed by atoms with van der Waals surface area (Å²) >= 11 is 0. The first-order chi connectivity index (χ1) is 8.72. The molecule has 0 aromatic heterocycles. The molecule has 1 heteroatoms. The Kier molecular flexibility index (Phi) is 4.59. The van der Waals surface area contributed by atoms with Crippen LogP contribution in [0.25, 0.3) is 0 Å². The second-order valence-corrected chi connectivity index (χ2v) is 7.48. The summed E-state index contributed by atoms with van der Waals surface area (Å²) < 4.78 is 0. The third-order valence-electron chi connectivity index (χ3n) is 3.73. The van der Waals surface area contributed by atoms with Crippen molar-refractivity contribution in [3.05, 3.63) is 52.8 Å². The standard InChI is InChI=1S/C17H24Si/c1-4-8-14-9-5-6-11-16(14)18-17-12-7-10-15(17)13(2)3/h5-7,9-11,13H,4,8,12,18H2,1-3H3. The molecule has 0 spiro atoms. The first-order valence-electron chi connectivity index (χ1n) is 7.17. The highest BCUT2D eigenvalue weighted by atomic mass is 28.2. The Hall–Kier alpha value is -1.08. The van der Waals surface area contributed by atoms with Crippen molar-refractivity contribution < 1.29 is 0 Å². The zero-order valence-electron chi connectivity index (χ0n) is 11.9. The Labute approximate surface area is 114 Å². The summed E-state index contributed by atoms with van der Waals surface area (Å²) in [4.78, 5) is 0. The van der Waals surface area contributed by atoms with Crippen LogP contribution in [0, 0.1) is 5.92 Å². The molecular weight excluding hydrogens is 232 g/mol. The highest BCUT2D eigenvalue weighted by Gasteiger charge is 2.14. The number of hydrogen-bond donors (Lipinski definition) is 0. The predicted molar refractivity (Wildman–Crippen MR) is 84.2 cm³/mol. The van der Waals surface area contributed by atoms with Gasteiger partial charge in [-0.05, 0) is 24.3 Å². The molecule has 0 N–H and O–H groups in total. The fourth-order valence-corrected chi connectivity index (χ4v) is 5.09. The van der Waals surface area contributed by atoms with E-state index in [4.69, 9.17) is 0 Å². The SMILES string of the molecule is CCCc1ccccc1[SiH2]C1=C(C(C)C)C=CC1. The van der Waals surface area contributed by atoms with Crippen LogP contribution >= 0.6 is 0 Å². The maximum absolute atomic E-state index is 2.36. The molecule has 96 valence electrons. The van der Waals surface area contributed by atoms with E-state index in [1.807, 2.05) is 0 Å². The number of aryl methyl sites for hydroxylation is 1. The van der Waals surface area contributed by atoms with E-state index in [1.165, 1.54) is 19.3 Å². The van der Waals surface area contributed by atoms with Crippen molar-refractivity contribution in [1.82, 2.24) is 0 Å². The van der Waals surface area contributed by atoms with Crippen molar-refractivity contribution in [1.29, 1.82) is 0 Å². The van der Waals surface area contributed by atoms with Crippen LogP contribution in [0.4, 0.5) is 0 Å². The normalized spacial score (nSPS) is 15.6. The summed E-state index contributed by atoms with van der Waals surface area (Å²) in [7, 11) is -0.257. The molecule has 0 radical (unpaired) electrons. The maximum Gasteiger partial charge on any atom is 0.0835 e. The van der Waals surface area contributed by atoms with Gasteiger partial charge in [0, 0.05) is 0 Å². The average Bonchev–Trinajstić information content (AvgIpc) is 2.80. The van der Waals surface area contributed by atoms with Crippen LogP contribution in [0.15, 0.2) is 47.2 Å². The molecule has 2 rings (SSSR count). The van der Waals surface area contributed by atoms with Gasteiger partial charge < -0.3 is 0 Å². The van der Waals surface area contributed by atoms with Gasteiger partial charge in [0.2, 0.25) is 0 Å². The first kappa shape index (κ1) is 13.4. The molecule has 0 unspecified atom stereocenters. The number of hydrogen-bond acceptors (Lipinski definition) is 0. The van der Waals surface area contributed by atoms with E-state index in [2.05, 4.69) is 57.2 Å². The van der Waals surface area contributed by atoms with Crippen LogP contribution in [0.5, 0.6) is 0 Å². The molecule has 0 bridgehead atoms. The van der Waals surface area contributed by atoms with Gasteiger partial charge in [0.1, 0.15) is 0 Å². The Morgan fingerprint density at radius 3 is 2.72 bits per heavy atom. The van der Waals surface area contributed by atoms with Crippen molar-refractivity contribution >= 4 is 14.7 Å². The van der Waals surface area contributed by atoms with E-state index in [0.717, 1.165) is 0 Å². The molecule has 0 aliphatic heterocycles. The molecule has 0 atom stereocenters. The fraction of sp³-hybridized carbons (Fsp3) is 0.412. The topological polar surface area (TPSA) is 0 Å². The molecule has 1 aromatic rings. The van der Waals surface area contributed by atoms with Crippen molar-refractivity contribution in [2.45, 2.75) is 40.0 Å². The molecule has 0 amide bonds. The Morgan fingerprint density at radius 2 is 2.00 bits per heavy atom. The molecule has 1 aliphatic rings. The highest BCUT2D eigenvalue weighted by Crippen LogP contribution is 2.24. The smallest absolute Gasteiger partial charge is 0.0806 e. The minimum Gasteiger partial charge on any atom is -0.0806 e. The maximum atomic E-state index is 2.36. The third kappa shape index (κ3) is 3.02. The number of benzene rings is 1. The average molecular weight is 256 g/mol. The number of rotatable bonds is 5. The minimum atomic E-state index is -0.257. The molecule has 0 saturated carbocycles. The van der Waals surface area contributed by atoms with Crippen LogP contribution in [0.2, 0.25) is 0 Å². The molecule has 1 aromatic carbocycles. The lowest BCUT2D eigenvalue weighted by molar-refractivity contribution is 0.790. The quantitative estimate of drug-likeness (QED) is 0.709. The Morgan fingerprint density at radius 1 is 1.22 bits per heavy atom. The summed E-state index contributed by atoms with van der Waals surface area (Å²) in [6.07, 6.45) is 8.40. The Bertz CT molecular complexity index is 466. The van der Waals surface area contributed by atoms with E-state index in [0.29, 0.717) is 5.92 Å². The lowest BCUT2D eigenvalue weighted by atomic mass is 10.1. The summed E-state index contributed by atoms with van der Waals surface area (Å²) in [5, 5.41) is 3.42. The van der Waals surface area contributed by atoms with E-state index in [1.54, 1.807) is 21.5 Å². The van der Waals surface area contributed by atoms with E-state index in [-0.39, 0.29) is 9.52 Å². The van der Waals surface area contributed by atoms with Gasteiger partial charge in [0.15, 0.2) is 0 Å². The molecule has 0 fully saturated rings. The second kappa shape index (κ2) is 6.19. The third-order valence-corrected chi connectivity index (χ3v) is 5.93. The van der Waals surface area contributed by atoms with Gasteiger partial charge in [0.05, 0.1) is 9.52 Å².